The van der Waals surface area contributed by atoms with Crippen LogP contribution in [0.3, 0.4) is 0 Å². The van der Waals surface area contributed by atoms with Crippen LogP contribution < -0.4 is 9.46 Å². The summed E-state index contributed by atoms with van der Waals surface area (Å²) in [4.78, 5) is 16.1. The largest absolute Gasteiger partial charge is 0.492 e. The van der Waals surface area contributed by atoms with Gasteiger partial charge in [-0.25, -0.2) is 13.1 Å². The summed E-state index contributed by atoms with van der Waals surface area (Å²) in [7, 11) is -3.24. The van der Waals surface area contributed by atoms with E-state index in [2.05, 4.69) is 9.62 Å². The van der Waals surface area contributed by atoms with Gasteiger partial charge < -0.3 is 9.64 Å². The van der Waals surface area contributed by atoms with Gasteiger partial charge in [0, 0.05) is 45.7 Å². The average Bonchev–Trinajstić information content (AvgIpc) is 2.55. The van der Waals surface area contributed by atoms with Gasteiger partial charge in [0.05, 0.1) is 6.26 Å². The van der Waals surface area contributed by atoms with Crippen LogP contribution in [0.15, 0.2) is 30.3 Å². The second-order valence-electron chi connectivity index (χ2n) is 5.80. The van der Waals surface area contributed by atoms with Gasteiger partial charge in [0.25, 0.3) is 0 Å². The number of piperazine rings is 1. The zero-order valence-electron chi connectivity index (χ0n) is 14.0. The van der Waals surface area contributed by atoms with Crippen LogP contribution >= 0.6 is 0 Å². The van der Waals surface area contributed by atoms with Crippen LogP contribution in [-0.2, 0) is 14.8 Å². The molecule has 0 radical (unpaired) electrons. The van der Waals surface area contributed by atoms with Gasteiger partial charge in [-0.3, -0.25) is 9.69 Å². The summed E-state index contributed by atoms with van der Waals surface area (Å²) < 4.78 is 30.0. The monoisotopic (exact) mass is 355 g/mol. The van der Waals surface area contributed by atoms with Crippen molar-refractivity contribution in [3.63, 3.8) is 0 Å². The third-order valence-corrected chi connectivity index (χ3v) is 4.58. The Morgan fingerprint density at radius 3 is 2.46 bits per heavy atom. The van der Waals surface area contributed by atoms with E-state index < -0.39 is 10.0 Å². The Kier molecular flexibility index (Phi) is 7.01. The lowest BCUT2D eigenvalue weighted by Crippen LogP contribution is -2.50. The molecule has 1 aliphatic rings. The first-order valence-electron chi connectivity index (χ1n) is 8.07. The number of nitrogens with zero attached hydrogens (tertiary/aromatic N) is 2. The Morgan fingerprint density at radius 1 is 1.17 bits per heavy atom. The molecule has 1 heterocycles. The number of ether oxygens (including phenoxy) is 1. The van der Waals surface area contributed by atoms with Crippen molar-refractivity contribution in [2.45, 2.75) is 6.42 Å². The van der Waals surface area contributed by atoms with Crippen molar-refractivity contribution in [2.24, 2.45) is 0 Å². The van der Waals surface area contributed by atoms with Crippen LogP contribution in [0.1, 0.15) is 6.42 Å². The number of sulfonamides is 1. The van der Waals surface area contributed by atoms with Crippen molar-refractivity contribution in [3.8, 4) is 5.75 Å². The highest BCUT2D eigenvalue weighted by atomic mass is 32.2. The van der Waals surface area contributed by atoms with E-state index in [1.54, 1.807) is 4.90 Å². The molecule has 1 aromatic carbocycles. The third-order valence-electron chi connectivity index (χ3n) is 3.85. The molecule has 0 aliphatic carbocycles. The van der Waals surface area contributed by atoms with Crippen LogP contribution in [0.25, 0.3) is 0 Å². The zero-order chi connectivity index (χ0) is 17.4. The van der Waals surface area contributed by atoms with Gasteiger partial charge in [0.15, 0.2) is 0 Å². The van der Waals surface area contributed by atoms with E-state index in [9.17, 15) is 13.2 Å². The number of hydrogen-bond acceptors (Lipinski definition) is 5. The highest BCUT2D eigenvalue weighted by Gasteiger charge is 2.20. The first-order valence-corrected chi connectivity index (χ1v) is 9.96. The molecule has 0 spiro atoms. The van der Waals surface area contributed by atoms with Crippen molar-refractivity contribution >= 4 is 15.9 Å². The maximum atomic E-state index is 12.0. The van der Waals surface area contributed by atoms with E-state index in [0.29, 0.717) is 19.7 Å². The molecule has 134 valence electrons. The highest BCUT2D eigenvalue weighted by Crippen LogP contribution is 2.09. The predicted octanol–water partition coefficient (Wildman–Crippen LogP) is 0.149. The maximum Gasteiger partial charge on any atom is 0.223 e. The van der Waals surface area contributed by atoms with E-state index in [4.69, 9.17) is 4.74 Å². The number of benzene rings is 1. The summed E-state index contributed by atoms with van der Waals surface area (Å²) in [6.07, 6.45) is 1.29. The molecular weight excluding hydrogens is 330 g/mol. The molecule has 0 unspecified atom stereocenters. The molecule has 0 atom stereocenters. The molecule has 1 aliphatic heterocycles. The minimum absolute atomic E-state index is 0.00802. The highest BCUT2D eigenvalue weighted by molar-refractivity contribution is 7.88. The number of rotatable bonds is 8. The molecule has 1 amide bonds. The fraction of sp³-hybridized carbons (Fsp3) is 0.562. The number of nitrogens with one attached hydrogen (secondary N) is 1. The Bertz CT molecular complexity index is 613. The van der Waals surface area contributed by atoms with Gasteiger partial charge in [-0.15, -0.1) is 0 Å². The van der Waals surface area contributed by atoms with Crippen molar-refractivity contribution < 1.29 is 17.9 Å². The third kappa shape index (κ3) is 6.86. The molecule has 2 rings (SSSR count). The Balaban J connectivity index is 1.61. The zero-order valence-corrected chi connectivity index (χ0v) is 14.8. The standard InChI is InChI=1S/C16H25N3O4S/c1-24(21,22)17-8-7-16(20)19-11-9-18(10-12-19)13-14-23-15-5-3-2-4-6-15/h2-6,17H,7-14H2,1H3. The fourth-order valence-electron chi connectivity index (χ4n) is 2.53. The van der Waals surface area contributed by atoms with Crippen LogP contribution in [0.2, 0.25) is 0 Å². The second kappa shape index (κ2) is 9.00. The van der Waals surface area contributed by atoms with Gasteiger partial charge in [0.1, 0.15) is 12.4 Å². The van der Waals surface area contributed by atoms with E-state index in [1.165, 1.54) is 0 Å². The molecule has 1 N–H and O–H groups in total. The lowest BCUT2D eigenvalue weighted by molar-refractivity contribution is -0.132. The molecule has 0 aromatic heterocycles. The molecular formula is C16H25N3O4S. The molecule has 0 bridgehead atoms. The summed E-state index contributed by atoms with van der Waals surface area (Å²) in [5.74, 6) is 0.857. The van der Waals surface area contributed by atoms with Crippen molar-refractivity contribution in [1.29, 1.82) is 0 Å². The average molecular weight is 355 g/mol. The molecule has 8 heteroatoms. The summed E-state index contributed by atoms with van der Waals surface area (Å²) in [5, 5.41) is 0. The number of carbonyl (C=O) groups excluding carboxylic acids is 1. The lowest BCUT2D eigenvalue weighted by Gasteiger charge is -2.34. The molecule has 1 aromatic rings. The van der Waals surface area contributed by atoms with Crippen molar-refractivity contribution in [3.05, 3.63) is 30.3 Å². The van der Waals surface area contributed by atoms with Crippen LogP contribution in [-0.4, -0.2) is 76.3 Å². The van der Waals surface area contributed by atoms with Gasteiger partial charge in [-0.05, 0) is 12.1 Å². The minimum Gasteiger partial charge on any atom is -0.492 e. The van der Waals surface area contributed by atoms with E-state index >= 15 is 0 Å². The van der Waals surface area contributed by atoms with Gasteiger partial charge in [-0.2, -0.15) is 0 Å². The predicted molar refractivity (Wildman–Crippen MR) is 92.4 cm³/mol. The molecule has 0 saturated carbocycles. The Hall–Kier alpha value is -1.64. The van der Waals surface area contributed by atoms with Gasteiger partial charge in [-0.1, -0.05) is 18.2 Å². The normalized spacial score (nSPS) is 16.1. The number of amides is 1. The summed E-state index contributed by atoms with van der Waals surface area (Å²) >= 11 is 0. The maximum absolute atomic E-state index is 12.0. The van der Waals surface area contributed by atoms with Gasteiger partial charge in [0.2, 0.25) is 15.9 Å². The lowest BCUT2D eigenvalue weighted by atomic mass is 10.2. The van der Waals surface area contributed by atoms with E-state index in [-0.39, 0.29) is 18.9 Å². The summed E-state index contributed by atoms with van der Waals surface area (Å²) in [6.45, 7) is 4.56. The quantitative estimate of drug-likeness (QED) is 0.718. The SMILES string of the molecule is CS(=O)(=O)NCCC(=O)N1CCN(CCOc2ccccc2)CC1. The summed E-state index contributed by atoms with van der Waals surface area (Å²) in [5.41, 5.74) is 0. The molecule has 24 heavy (non-hydrogen) atoms. The topological polar surface area (TPSA) is 79.0 Å². The summed E-state index contributed by atoms with van der Waals surface area (Å²) in [6, 6.07) is 9.70. The Labute approximate surface area is 143 Å². The molecule has 7 nitrogen and oxygen atoms in total. The van der Waals surface area contributed by atoms with E-state index in [0.717, 1.165) is 31.6 Å². The van der Waals surface area contributed by atoms with Gasteiger partial charge >= 0.3 is 0 Å². The number of para-hydroxylation sites is 1. The smallest absolute Gasteiger partial charge is 0.223 e. The van der Waals surface area contributed by atoms with E-state index in [1.807, 2.05) is 30.3 Å². The second-order valence-corrected chi connectivity index (χ2v) is 7.63. The van der Waals surface area contributed by atoms with Crippen LogP contribution in [0.5, 0.6) is 5.75 Å². The Morgan fingerprint density at radius 2 is 1.83 bits per heavy atom. The molecule has 1 fully saturated rings. The fourth-order valence-corrected chi connectivity index (χ4v) is 3.00. The van der Waals surface area contributed by atoms with Crippen LogP contribution in [0, 0.1) is 0 Å². The van der Waals surface area contributed by atoms with Crippen molar-refractivity contribution in [2.75, 3.05) is 52.1 Å². The number of hydrogen-bond donors (Lipinski definition) is 1. The van der Waals surface area contributed by atoms with Crippen LogP contribution in [0.4, 0.5) is 0 Å². The molecule has 1 saturated heterocycles. The minimum atomic E-state index is -3.24. The first-order chi connectivity index (χ1) is 11.4. The number of carbonyl (C=O) groups is 1. The first kappa shape index (κ1) is 18.7. The van der Waals surface area contributed by atoms with Crippen molar-refractivity contribution in [1.82, 2.24) is 14.5 Å².